The average Bonchev–Trinajstić information content (AvgIpc) is 3.51. The van der Waals surface area contributed by atoms with Crippen molar-refractivity contribution in [3.05, 3.63) is 88.1 Å². The van der Waals surface area contributed by atoms with Gasteiger partial charge in [-0.2, -0.15) is 13.2 Å². The lowest BCUT2D eigenvalue weighted by molar-refractivity contribution is -0.137. The third-order valence-corrected chi connectivity index (χ3v) is 5.89. The van der Waals surface area contributed by atoms with E-state index in [1.165, 1.54) is 12.3 Å². The van der Waals surface area contributed by atoms with Crippen LogP contribution in [0.1, 0.15) is 45.9 Å². The second kappa shape index (κ2) is 11.2. The molecular weight excluding hydrogens is 483 g/mol. The molecule has 0 radical (unpaired) electrons. The smallest absolute Gasteiger partial charge is 0.416 e. The van der Waals surface area contributed by atoms with Crippen LogP contribution >= 0.6 is 11.6 Å². The van der Waals surface area contributed by atoms with Gasteiger partial charge in [-0.3, -0.25) is 9.69 Å². The van der Waals surface area contributed by atoms with Gasteiger partial charge in [0.05, 0.1) is 18.2 Å². The number of nitrogens with zero attached hydrogens (tertiary/aromatic N) is 2. The van der Waals surface area contributed by atoms with Crippen molar-refractivity contribution >= 4 is 17.5 Å². The third-order valence-electron chi connectivity index (χ3n) is 5.64. The van der Waals surface area contributed by atoms with Crippen LogP contribution in [-0.4, -0.2) is 35.0 Å². The fourth-order valence-electron chi connectivity index (χ4n) is 3.90. The van der Waals surface area contributed by atoms with Crippen molar-refractivity contribution in [2.24, 2.45) is 0 Å². The minimum absolute atomic E-state index is 0.00708. The topological polar surface area (TPSA) is 67.6 Å². The molecule has 1 atom stereocenters. The minimum atomic E-state index is -4.43. The highest BCUT2D eigenvalue weighted by molar-refractivity contribution is 6.30. The fraction of sp³-hybridized carbons (Fsp3) is 0.360. The van der Waals surface area contributed by atoms with E-state index in [-0.39, 0.29) is 36.7 Å². The molecule has 1 N–H and O–H groups in total. The van der Waals surface area contributed by atoms with Gasteiger partial charge in [0.1, 0.15) is 6.26 Å². The van der Waals surface area contributed by atoms with Crippen molar-refractivity contribution in [1.29, 1.82) is 0 Å². The summed E-state index contributed by atoms with van der Waals surface area (Å²) in [4.78, 5) is 18.6. The van der Waals surface area contributed by atoms with E-state index in [9.17, 15) is 18.0 Å². The number of carbonyl (C=O) groups is 1. The molecule has 1 aliphatic rings. The third kappa shape index (κ3) is 7.30. The van der Waals surface area contributed by atoms with Gasteiger partial charge in [0.15, 0.2) is 5.69 Å². The molecular formula is C25H25ClF3N3O3. The van der Waals surface area contributed by atoms with E-state index in [0.29, 0.717) is 30.3 Å². The second-order valence-corrected chi connectivity index (χ2v) is 8.88. The molecule has 0 unspecified atom stereocenters. The largest absolute Gasteiger partial charge is 0.447 e. The summed E-state index contributed by atoms with van der Waals surface area (Å²) < 4.78 is 50.6. The van der Waals surface area contributed by atoms with Crippen LogP contribution in [0.2, 0.25) is 5.02 Å². The lowest BCUT2D eigenvalue weighted by Gasteiger charge is -2.21. The summed E-state index contributed by atoms with van der Waals surface area (Å²) in [5, 5.41) is 3.38. The predicted molar refractivity (Wildman–Crippen MR) is 124 cm³/mol. The van der Waals surface area contributed by atoms with Crippen molar-refractivity contribution in [3.63, 3.8) is 0 Å². The first kappa shape index (κ1) is 25.2. The van der Waals surface area contributed by atoms with Crippen LogP contribution < -0.4 is 5.32 Å². The van der Waals surface area contributed by atoms with Gasteiger partial charge in [0.2, 0.25) is 5.89 Å². The van der Waals surface area contributed by atoms with Crippen LogP contribution in [0.4, 0.5) is 13.2 Å². The van der Waals surface area contributed by atoms with Gasteiger partial charge in [-0.15, -0.1) is 0 Å². The van der Waals surface area contributed by atoms with E-state index in [0.717, 1.165) is 30.5 Å². The standard InChI is InChI=1S/C25H25ClF3N3O3/c26-20-8-6-17(7-9-20)13-32(14-18-3-1-4-19(11-18)25(27,28)29)15-23-31-22(16-35-23)24(33)30-12-21-5-2-10-34-21/h1,3-4,6-9,11,16,21H,2,5,10,12-15H2,(H,30,33)/t21-/m0/s1. The maximum absolute atomic E-state index is 13.2. The van der Waals surface area contributed by atoms with Gasteiger partial charge in [0, 0.05) is 31.3 Å². The highest BCUT2D eigenvalue weighted by Gasteiger charge is 2.30. The van der Waals surface area contributed by atoms with E-state index in [1.807, 2.05) is 17.0 Å². The van der Waals surface area contributed by atoms with Crippen LogP contribution in [-0.2, 0) is 30.5 Å². The SMILES string of the molecule is O=C(NC[C@@H]1CCCO1)c1coc(CN(Cc2ccc(Cl)cc2)Cc2cccc(C(F)(F)F)c2)n1. The molecule has 6 nitrogen and oxygen atoms in total. The second-order valence-electron chi connectivity index (χ2n) is 8.44. The molecule has 2 aromatic carbocycles. The van der Waals surface area contributed by atoms with Crippen LogP contribution in [0, 0.1) is 0 Å². The normalized spacial score (nSPS) is 16.1. The number of hydrogen-bond donors (Lipinski definition) is 1. The molecule has 4 rings (SSSR count). The number of hydrogen-bond acceptors (Lipinski definition) is 5. The quantitative estimate of drug-likeness (QED) is 0.416. The zero-order valence-electron chi connectivity index (χ0n) is 18.9. The van der Waals surface area contributed by atoms with Crippen molar-refractivity contribution in [1.82, 2.24) is 15.2 Å². The molecule has 0 spiro atoms. The highest BCUT2D eigenvalue weighted by Crippen LogP contribution is 2.30. The summed E-state index contributed by atoms with van der Waals surface area (Å²) in [5.41, 5.74) is 0.851. The zero-order valence-corrected chi connectivity index (χ0v) is 19.6. The Labute approximate surface area is 206 Å². The molecule has 0 aliphatic carbocycles. The highest BCUT2D eigenvalue weighted by atomic mass is 35.5. The van der Waals surface area contributed by atoms with E-state index in [4.69, 9.17) is 20.8 Å². The summed E-state index contributed by atoms with van der Waals surface area (Å²) in [7, 11) is 0. The summed E-state index contributed by atoms with van der Waals surface area (Å²) >= 11 is 5.98. The zero-order chi connectivity index (χ0) is 24.8. The predicted octanol–water partition coefficient (Wildman–Crippen LogP) is 5.46. The van der Waals surface area contributed by atoms with E-state index in [1.54, 1.807) is 18.2 Å². The maximum atomic E-state index is 13.2. The van der Waals surface area contributed by atoms with E-state index < -0.39 is 11.7 Å². The molecule has 186 valence electrons. The molecule has 10 heteroatoms. The molecule has 3 aromatic rings. The van der Waals surface area contributed by atoms with E-state index >= 15 is 0 Å². The molecule has 0 saturated carbocycles. The number of benzene rings is 2. The van der Waals surface area contributed by atoms with Crippen molar-refractivity contribution in [2.45, 2.75) is 44.8 Å². The van der Waals surface area contributed by atoms with Gasteiger partial charge in [0.25, 0.3) is 5.91 Å². The summed E-state index contributed by atoms with van der Waals surface area (Å²) in [6.07, 6.45) is -1.26. The average molecular weight is 508 g/mol. The Morgan fingerprint density at radius 1 is 1.11 bits per heavy atom. The van der Waals surface area contributed by atoms with Gasteiger partial charge in [-0.1, -0.05) is 41.9 Å². The number of nitrogens with one attached hydrogen (secondary N) is 1. The number of oxazole rings is 1. The number of halogens is 4. The Balaban J connectivity index is 1.46. The molecule has 2 heterocycles. The van der Waals surface area contributed by atoms with Gasteiger partial charge >= 0.3 is 6.18 Å². The van der Waals surface area contributed by atoms with Gasteiger partial charge in [-0.25, -0.2) is 4.98 Å². The summed E-state index contributed by atoms with van der Waals surface area (Å²) in [6, 6.07) is 12.4. The minimum Gasteiger partial charge on any atom is -0.447 e. The van der Waals surface area contributed by atoms with Crippen LogP contribution in [0.15, 0.2) is 59.2 Å². The molecule has 35 heavy (non-hydrogen) atoms. The number of rotatable bonds is 9. The van der Waals surface area contributed by atoms with Gasteiger partial charge in [-0.05, 0) is 42.2 Å². The van der Waals surface area contributed by atoms with Gasteiger partial charge < -0.3 is 14.5 Å². The molecule has 1 fully saturated rings. The number of ether oxygens (including phenoxy) is 1. The van der Waals surface area contributed by atoms with E-state index in [2.05, 4.69) is 10.3 Å². The molecule has 1 aliphatic heterocycles. The van der Waals surface area contributed by atoms with Crippen LogP contribution in [0.3, 0.4) is 0 Å². The lowest BCUT2D eigenvalue weighted by Crippen LogP contribution is -2.32. The maximum Gasteiger partial charge on any atom is 0.416 e. The number of carbonyl (C=O) groups excluding carboxylic acids is 1. The molecule has 1 aromatic heterocycles. The molecule has 1 amide bonds. The lowest BCUT2D eigenvalue weighted by atomic mass is 10.1. The Hall–Kier alpha value is -2.88. The monoisotopic (exact) mass is 507 g/mol. The Kier molecular flexibility index (Phi) is 8.10. The number of aromatic nitrogens is 1. The Bertz CT molecular complexity index is 1130. The first-order valence-electron chi connectivity index (χ1n) is 11.2. The molecule has 1 saturated heterocycles. The molecule has 0 bridgehead atoms. The Morgan fingerprint density at radius 2 is 1.89 bits per heavy atom. The number of amides is 1. The number of alkyl halides is 3. The fourth-order valence-corrected chi connectivity index (χ4v) is 4.03. The first-order chi connectivity index (χ1) is 16.8. The van der Waals surface area contributed by atoms with Crippen LogP contribution in [0.25, 0.3) is 0 Å². The van der Waals surface area contributed by atoms with Crippen molar-refractivity contribution in [2.75, 3.05) is 13.2 Å². The van der Waals surface area contributed by atoms with Crippen molar-refractivity contribution < 1.29 is 27.1 Å². The Morgan fingerprint density at radius 3 is 2.60 bits per heavy atom. The summed E-state index contributed by atoms with van der Waals surface area (Å²) in [5.74, 6) is -0.0779. The van der Waals surface area contributed by atoms with Crippen molar-refractivity contribution in [3.8, 4) is 0 Å². The summed E-state index contributed by atoms with van der Waals surface area (Å²) in [6.45, 7) is 1.92. The first-order valence-corrected chi connectivity index (χ1v) is 11.6. The van der Waals surface area contributed by atoms with Crippen LogP contribution in [0.5, 0.6) is 0 Å².